The molecule has 2 aromatic carbocycles. The average Bonchev–Trinajstić information content (AvgIpc) is 2.88. The van der Waals surface area contributed by atoms with E-state index in [0.29, 0.717) is 43.4 Å². The van der Waals surface area contributed by atoms with Gasteiger partial charge in [-0.15, -0.1) is 10.2 Å². The van der Waals surface area contributed by atoms with Gasteiger partial charge >= 0.3 is 0 Å². The van der Waals surface area contributed by atoms with Crippen molar-refractivity contribution >= 4 is 11.7 Å². The van der Waals surface area contributed by atoms with Crippen LogP contribution in [0.5, 0.6) is 17.2 Å². The number of benzene rings is 2. The smallest absolute Gasteiger partial charge is 0.260 e. The Labute approximate surface area is 191 Å². The van der Waals surface area contributed by atoms with Crippen LogP contribution in [0.4, 0.5) is 10.2 Å². The largest absolute Gasteiger partial charge is 0.497 e. The third-order valence-corrected chi connectivity index (χ3v) is 5.48. The summed E-state index contributed by atoms with van der Waals surface area (Å²) in [5.41, 5.74) is 1.47. The number of hydrogen-bond donors (Lipinski definition) is 0. The molecule has 0 N–H and O–H groups in total. The van der Waals surface area contributed by atoms with Crippen LogP contribution in [0.1, 0.15) is 0 Å². The van der Waals surface area contributed by atoms with Gasteiger partial charge in [0.15, 0.2) is 24.0 Å². The molecule has 1 aromatic heterocycles. The van der Waals surface area contributed by atoms with Crippen LogP contribution in [-0.4, -0.2) is 68.0 Å². The SMILES string of the molecule is COc1ccc(OC)c(-c2ccc(N3CCN(C(=O)COc4ccccc4F)CC3)nn2)c1. The molecule has 0 spiro atoms. The van der Waals surface area contributed by atoms with Gasteiger partial charge in [0.2, 0.25) is 0 Å². The second kappa shape index (κ2) is 10.2. The van der Waals surface area contributed by atoms with Crippen LogP contribution in [0.25, 0.3) is 11.3 Å². The zero-order chi connectivity index (χ0) is 23.2. The molecule has 4 rings (SSSR count). The number of rotatable bonds is 7. The Balaban J connectivity index is 1.35. The van der Waals surface area contributed by atoms with Gasteiger partial charge < -0.3 is 24.0 Å². The number of anilines is 1. The highest BCUT2D eigenvalue weighted by Gasteiger charge is 2.23. The number of aromatic nitrogens is 2. The van der Waals surface area contributed by atoms with Gasteiger partial charge in [0.05, 0.1) is 19.9 Å². The van der Waals surface area contributed by atoms with Gasteiger partial charge in [-0.2, -0.15) is 0 Å². The third-order valence-electron chi connectivity index (χ3n) is 5.48. The molecule has 1 amide bonds. The Kier molecular flexibility index (Phi) is 6.87. The third kappa shape index (κ3) is 5.14. The Hall–Kier alpha value is -3.88. The summed E-state index contributed by atoms with van der Waals surface area (Å²) in [6, 6.07) is 15.3. The Morgan fingerprint density at radius 3 is 2.39 bits per heavy atom. The molecule has 0 unspecified atom stereocenters. The highest BCUT2D eigenvalue weighted by Crippen LogP contribution is 2.32. The van der Waals surface area contributed by atoms with Crippen molar-refractivity contribution in [1.29, 1.82) is 0 Å². The second-order valence-electron chi connectivity index (χ2n) is 7.43. The van der Waals surface area contributed by atoms with E-state index in [1.54, 1.807) is 31.3 Å². The number of carbonyl (C=O) groups is 1. The van der Waals surface area contributed by atoms with Crippen LogP contribution < -0.4 is 19.1 Å². The highest BCUT2D eigenvalue weighted by atomic mass is 19.1. The standard InChI is InChI=1S/C24H25FN4O4/c1-31-17-7-9-21(32-2)18(15-17)20-8-10-23(27-26-20)28-11-13-29(14-12-28)24(30)16-33-22-6-4-3-5-19(22)25/h3-10,15H,11-14,16H2,1-2H3. The van der Waals surface area contributed by atoms with Crippen molar-refractivity contribution in [3.05, 3.63) is 60.4 Å². The van der Waals surface area contributed by atoms with Gasteiger partial charge in [-0.25, -0.2) is 4.39 Å². The van der Waals surface area contributed by atoms with E-state index < -0.39 is 5.82 Å². The van der Waals surface area contributed by atoms with Crippen LogP contribution in [0.2, 0.25) is 0 Å². The first kappa shape index (κ1) is 22.3. The van der Waals surface area contributed by atoms with E-state index in [9.17, 15) is 9.18 Å². The lowest BCUT2D eigenvalue weighted by Gasteiger charge is -2.35. The molecule has 1 fully saturated rings. The molecule has 0 radical (unpaired) electrons. The van der Waals surface area contributed by atoms with Crippen LogP contribution in [0.3, 0.4) is 0 Å². The fourth-order valence-electron chi connectivity index (χ4n) is 3.63. The normalized spacial score (nSPS) is 13.5. The fourth-order valence-corrected chi connectivity index (χ4v) is 3.63. The molecule has 9 heteroatoms. The lowest BCUT2D eigenvalue weighted by molar-refractivity contribution is -0.133. The quantitative estimate of drug-likeness (QED) is 0.545. The van der Waals surface area contributed by atoms with Gasteiger partial charge in [0.1, 0.15) is 11.5 Å². The summed E-state index contributed by atoms with van der Waals surface area (Å²) in [5.74, 6) is 1.54. The number of hydrogen-bond acceptors (Lipinski definition) is 7. The van der Waals surface area contributed by atoms with Crippen molar-refractivity contribution in [3.63, 3.8) is 0 Å². The Morgan fingerprint density at radius 1 is 0.939 bits per heavy atom. The molecule has 172 valence electrons. The predicted octanol–water partition coefficient (Wildman–Crippen LogP) is 3.03. The van der Waals surface area contributed by atoms with Crippen molar-refractivity contribution < 1.29 is 23.4 Å². The van der Waals surface area contributed by atoms with Gasteiger partial charge in [0, 0.05) is 31.7 Å². The van der Waals surface area contributed by atoms with Crippen molar-refractivity contribution in [2.45, 2.75) is 0 Å². The molecule has 0 saturated carbocycles. The summed E-state index contributed by atoms with van der Waals surface area (Å²) in [5, 5.41) is 8.75. The molecule has 0 aliphatic carbocycles. The zero-order valence-corrected chi connectivity index (χ0v) is 18.5. The molecule has 0 bridgehead atoms. The maximum Gasteiger partial charge on any atom is 0.260 e. The molecule has 1 saturated heterocycles. The maximum atomic E-state index is 13.7. The molecule has 33 heavy (non-hydrogen) atoms. The molecule has 8 nitrogen and oxygen atoms in total. The minimum absolute atomic E-state index is 0.0764. The van der Waals surface area contributed by atoms with E-state index in [1.165, 1.54) is 12.1 Å². The van der Waals surface area contributed by atoms with Gasteiger partial charge in [-0.1, -0.05) is 12.1 Å². The summed E-state index contributed by atoms with van der Waals surface area (Å²) >= 11 is 0. The van der Waals surface area contributed by atoms with Crippen molar-refractivity contribution in [2.75, 3.05) is 51.9 Å². The van der Waals surface area contributed by atoms with Crippen LogP contribution in [0.15, 0.2) is 54.6 Å². The number of para-hydroxylation sites is 1. The maximum absolute atomic E-state index is 13.7. The molecule has 0 atom stereocenters. The van der Waals surface area contributed by atoms with E-state index in [4.69, 9.17) is 14.2 Å². The van der Waals surface area contributed by atoms with Crippen LogP contribution >= 0.6 is 0 Å². The van der Waals surface area contributed by atoms with E-state index in [1.807, 2.05) is 30.3 Å². The number of nitrogens with zero attached hydrogens (tertiary/aromatic N) is 4. The lowest BCUT2D eigenvalue weighted by Crippen LogP contribution is -2.50. The van der Waals surface area contributed by atoms with E-state index in [0.717, 1.165) is 11.4 Å². The highest BCUT2D eigenvalue weighted by molar-refractivity contribution is 5.78. The van der Waals surface area contributed by atoms with E-state index in [-0.39, 0.29) is 18.3 Å². The summed E-state index contributed by atoms with van der Waals surface area (Å²) in [4.78, 5) is 16.2. The monoisotopic (exact) mass is 452 g/mol. The summed E-state index contributed by atoms with van der Waals surface area (Å²) < 4.78 is 29.7. The molecular formula is C24H25FN4O4. The minimum Gasteiger partial charge on any atom is -0.497 e. The van der Waals surface area contributed by atoms with Crippen molar-refractivity contribution in [1.82, 2.24) is 15.1 Å². The first-order valence-corrected chi connectivity index (χ1v) is 10.5. The summed E-state index contributed by atoms with van der Waals surface area (Å²) in [6.07, 6.45) is 0. The van der Waals surface area contributed by atoms with Crippen molar-refractivity contribution in [2.24, 2.45) is 0 Å². The Bertz CT molecular complexity index is 1100. The molecular weight excluding hydrogens is 427 g/mol. The van der Waals surface area contributed by atoms with E-state index in [2.05, 4.69) is 15.1 Å². The van der Waals surface area contributed by atoms with Gasteiger partial charge in [0.25, 0.3) is 5.91 Å². The fraction of sp³-hybridized carbons (Fsp3) is 0.292. The molecule has 1 aliphatic heterocycles. The number of amides is 1. The average molecular weight is 452 g/mol. The molecule has 2 heterocycles. The summed E-state index contributed by atoms with van der Waals surface area (Å²) in [7, 11) is 3.21. The van der Waals surface area contributed by atoms with E-state index >= 15 is 0 Å². The Morgan fingerprint density at radius 2 is 1.73 bits per heavy atom. The number of halogens is 1. The van der Waals surface area contributed by atoms with Crippen LogP contribution in [0, 0.1) is 5.82 Å². The summed E-state index contributed by atoms with van der Waals surface area (Å²) in [6.45, 7) is 2.07. The van der Waals surface area contributed by atoms with Crippen LogP contribution in [-0.2, 0) is 4.79 Å². The van der Waals surface area contributed by atoms with Gasteiger partial charge in [-0.05, 0) is 42.5 Å². The number of ether oxygens (including phenoxy) is 3. The predicted molar refractivity (Wildman–Crippen MR) is 121 cm³/mol. The first-order valence-electron chi connectivity index (χ1n) is 10.5. The lowest BCUT2D eigenvalue weighted by atomic mass is 10.1. The zero-order valence-electron chi connectivity index (χ0n) is 18.5. The molecule has 3 aromatic rings. The second-order valence-corrected chi connectivity index (χ2v) is 7.43. The minimum atomic E-state index is -0.483. The van der Waals surface area contributed by atoms with Crippen molar-refractivity contribution in [3.8, 4) is 28.5 Å². The first-order chi connectivity index (χ1) is 16.1. The number of methoxy groups -OCH3 is 2. The number of carbonyl (C=O) groups excluding carboxylic acids is 1. The topological polar surface area (TPSA) is 77.0 Å². The molecule has 1 aliphatic rings. The van der Waals surface area contributed by atoms with Gasteiger partial charge in [-0.3, -0.25) is 4.79 Å². The number of piperazine rings is 1.